The van der Waals surface area contributed by atoms with Crippen LogP contribution in [-0.2, 0) is 14.8 Å². The number of thiophene rings is 1. The van der Waals surface area contributed by atoms with E-state index in [-0.39, 0.29) is 16.4 Å². The van der Waals surface area contributed by atoms with Crippen molar-refractivity contribution >= 4 is 49.9 Å². The molecule has 0 spiro atoms. The second kappa shape index (κ2) is 9.90. The third kappa shape index (κ3) is 5.39. The van der Waals surface area contributed by atoms with Crippen LogP contribution in [0, 0.1) is 0 Å². The summed E-state index contributed by atoms with van der Waals surface area (Å²) in [6.07, 6.45) is 5.18. The number of rotatable bonds is 7. The minimum atomic E-state index is -3.55. The topological polar surface area (TPSA) is 122 Å². The predicted octanol–water partition coefficient (Wildman–Crippen LogP) is 2.93. The van der Waals surface area contributed by atoms with Gasteiger partial charge in [-0.25, -0.2) is 13.4 Å². The summed E-state index contributed by atoms with van der Waals surface area (Å²) in [5.41, 5.74) is 5.56. The van der Waals surface area contributed by atoms with Gasteiger partial charge in [-0.2, -0.15) is 4.31 Å². The second-order valence-corrected chi connectivity index (χ2v) is 11.1. The molecule has 162 valence electrons. The van der Waals surface area contributed by atoms with Crippen molar-refractivity contribution in [2.24, 2.45) is 5.73 Å². The molecule has 1 aliphatic heterocycles. The molecule has 0 aromatic carbocycles. The zero-order valence-electron chi connectivity index (χ0n) is 16.5. The summed E-state index contributed by atoms with van der Waals surface area (Å²) >= 11 is 2.42. The Kier molecular flexibility index (Phi) is 7.50. The van der Waals surface area contributed by atoms with E-state index < -0.39 is 21.2 Å². The van der Waals surface area contributed by atoms with Crippen molar-refractivity contribution in [3.63, 3.8) is 0 Å². The smallest absolute Gasteiger partial charge is 0.251 e. The van der Waals surface area contributed by atoms with Crippen molar-refractivity contribution in [3.05, 3.63) is 35.3 Å². The van der Waals surface area contributed by atoms with Gasteiger partial charge in [0.15, 0.2) is 0 Å². The van der Waals surface area contributed by atoms with E-state index in [0.717, 1.165) is 25.7 Å². The van der Waals surface area contributed by atoms with E-state index in [0.29, 0.717) is 23.1 Å². The molecule has 3 N–H and O–H groups in total. The van der Waals surface area contributed by atoms with Gasteiger partial charge in [0.2, 0.25) is 15.9 Å². The van der Waals surface area contributed by atoms with E-state index in [1.807, 2.05) is 0 Å². The molecule has 30 heavy (non-hydrogen) atoms. The monoisotopic (exact) mass is 468 g/mol. The first kappa shape index (κ1) is 22.7. The summed E-state index contributed by atoms with van der Waals surface area (Å²) < 4.78 is 27.2. The molecular weight excluding hydrogens is 444 g/mol. The Bertz CT molecular complexity index is 997. The highest BCUT2D eigenvalue weighted by Gasteiger charge is 2.26. The fourth-order valence-electron chi connectivity index (χ4n) is 3.07. The highest BCUT2D eigenvalue weighted by Crippen LogP contribution is 2.27. The lowest BCUT2D eigenvalue weighted by atomic mass is 10.2. The lowest BCUT2D eigenvalue weighted by molar-refractivity contribution is -0.115. The molecule has 1 unspecified atom stereocenters. The van der Waals surface area contributed by atoms with E-state index >= 15 is 0 Å². The maximum atomic E-state index is 12.8. The fourth-order valence-corrected chi connectivity index (χ4v) is 6.12. The van der Waals surface area contributed by atoms with Gasteiger partial charge in [-0.15, -0.1) is 11.3 Å². The number of carbonyl (C=O) groups excluding carboxylic acids is 2. The van der Waals surface area contributed by atoms with Crippen LogP contribution in [0.15, 0.2) is 39.7 Å². The molecule has 0 saturated carbocycles. The molecule has 1 saturated heterocycles. The number of anilines is 1. The van der Waals surface area contributed by atoms with Crippen molar-refractivity contribution in [2.75, 3.05) is 18.4 Å². The molecule has 0 bridgehead atoms. The van der Waals surface area contributed by atoms with E-state index in [9.17, 15) is 18.0 Å². The maximum Gasteiger partial charge on any atom is 0.251 e. The number of hydrogen-bond acceptors (Lipinski definition) is 7. The Morgan fingerprint density at radius 2 is 1.90 bits per heavy atom. The summed E-state index contributed by atoms with van der Waals surface area (Å²) in [6, 6.07) is 4.70. The van der Waals surface area contributed by atoms with Crippen molar-refractivity contribution in [2.45, 2.75) is 47.8 Å². The first-order valence-corrected chi connectivity index (χ1v) is 12.8. The summed E-state index contributed by atoms with van der Waals surface area (Å²) in [6.45, 7) is 2.78. The minimum absolute atomic E-state index is 0.163. The summed E-state index contributed by atoms with van der Waals surface area (Å²) in [5, 5.41) is 4.82. The molecule has 2 amide bonds. The van der Waals surface area contributed by atoms with Crippen LogP contribution in [0.3, 0.4) is 0 Å². The van der Waals surface area contributed by atoms with Crippen LogP contribution in [0.4, 0.5) is 5.00 Å². The molecule has 2 aromatic heterocycles. The standard InChI is InChI=1S/C19H24N4O4S3/c1-13(18(25)22-19-15(17(20)24)8-11-28-19)29-16-7-6-14(12-21-16)30(26,27)23-9-4-2-3-5-10-23/h6-8,11-13H,2-5,9-10H2,1H3,(H2,20,24)(H,22,25). The molecule has 3 heterocycles. The molecule has 2 aromatic rings. The summed E-state index contributed by atoms with van der Waals surface area (Å²) in [7, 11) is -3.55. The number of nitrogens with zero attached hydrogens (tertiary/aromatic N) is 2. The van der Waals surface area contributed by atoms with Crippen LogP contribution < -0.4 is 11.1 Å². The van der Waals surface area contributed by atoms with Crippen LogP contribution in [0.1, 0.15) is 43.0 Å². The van der Waals surface area contributed by atoms with Gasteiger partial charge >= 0.3 is 0 Å². The number of nitrogens with one attached hydrogen (secondary N) is 1. The molecule has 1 atom stereocenters. The van der Waals surface area contributed by atoms with Crippen LogP contribution in [0.25, 0.3) is 0 Å². The number of hydrogen-bond donors (Lipinski definition) is 2. The number of thioether (sulfide) groups is 1. The average molecular weight is 469 g/mol. The van der Waals surface area contributed by atoms with E-state index in [2.05, 4.69) is 10.3 Å². The molecule has 8 nitrogen and oxygen atoms in total. The molecule has 11 heteroatoms. The summed E-state index contributed by atoms with van der Waals surface area (Å²) in [4.78, 5) is 28.2. The lowest BCUT2D eigenvalue weighted by Gasteiger charge is -2.19. The number of aromatic nitrogens is 1. The molecule has 1 aliphatic rings. The Morgan fingerprint density at radius 1 is 1.20 bits per heavy atom. The Labute approximate surface area is 184 Å². The zero-order chi connectivity index (χ0) is 21.7. The molecule has 0 aliphatic carbocycles. The zero-order valence-corrected chi connectivity index (χ0v) is 19.0. The first-order valence-electron chi connectivity index (χ1n) is 9.60. The van der Waals surface area contributed by atoms with Gasteiger partial charge in [0.25, 0.3) is 5.91 Å². The quantitative estimate of drug-likeness (QED) is 0.603. The van der Waals surface area contributed by atoms with Gasteiger partial charge in [0, 0.05) is 19.3 Å². The first-order chi connectivity index (χ1) is 14.3. The van der Waals surface area contributed by atoms with Gasteiger partial charge in [-0.3, -0.25) is 9.59 Å². The molecule has 0 radical (unpaired) electrons. The normalized spacial score (nSPS) is 16.6. The molecule has 1 fully saturated rings. The van der Waals surface area contributed by atoms with Gasteiger partial charge in [0.05, 0.1) is 15.8 Å². The number of pyridine rings is 1. The number of carbonyl (C=O) groups is 2. The van der Waals surface area contributed by atoms with Crippen molar-refractivity contribution in [3.8, 4) is 0 Å². The van der Waals surface area contributed by atoms with E-state index in [1.165, 1.54) is 39.7 Å². The van der Waals surface area contributed by atoms with Gasteiger partial charge in [0.1, 0.15) is 9.90 Å². The van der Waals surface area contributed by atoms with Crippen molar-refractivity contribution in [1.29, 1.82) is 0 Å². The Morgan fingerprint density at radius 3 is 2.50 bits per heavy atom. The number of sulfonamides is 1. The van der Waals surface area contributed by atoms with Crippen LogP contribution in [0.5, 0.6) is 0 Å². The highest BCUT2D eigenvalue weighted by atomic mass is 32.2. The summed E-state index contributed by atoms with van der Waals surface area (Å²) in [5.74, 6) is -0.900. The second-order valence-electron chi connectivity index (χ2n) is 6.93. The van der Waals surface area contributed by atoms with E-state index in [4.69, 9.17) is 5.73 Å². The minimum Gasteiger partial charge on any atom is -0.366 e. The number of primary amides is 1. The van der Waals surface area contributed by atoms with Gasteiger partial charge < -0.3 is 11.1 Å². The maximum absolute atomic E-state index is 12.8. The predicted molar refractivity (Wildman–Crippen MR) is 118 cm³/mol. The third-order valence-corrected chi connectivity index (χ3v) is 8.51. The molecule has 3 rings (SSSR count). The third-order valence-electron chi connectivity index (χ3n) is 4.75. The van der Waals surface area contributed by atoms with Gasteiger partial charge in [-0.1, -0.05) is 24.6 Å². The number of nitrogens with two attached hydrogens (primary N) is 1. The average Bonchev–Trinajstić information content (AvgIpc) is 2.99. The Hall–Kier alpha value is -1.95. The van der Waals surface area contributed by atoms with Crippen LogP contribution in [-0.4, -0.2) is 47.9 Å². The van der Waals surface area contributed by atoms with Crippen LogP contribution >= 0.6 is 23.1 Å². The van der Waals surface area contributed by atoms with Crippen LogP contribution in [0.2, 0.25) is 0 Å². The van der Waals surface area contributed by atoms with Crippen molar-refractivity contribution in [1.82, 2.24) is 9.29 Å². The van der Waals surface area contributed by atoms with E-state index in [1.54, 1.807) is 24.4 Å². The lowest BCUT2D eigenvalue weighted by Crippen LogP contribution is -2.32. The van der Waals surface area contributed by atoms with Crippen molar-refractivity contribution < 1.29 is 18.0 Å². The largest absolute Gasteiger partial charge is 0.366 e. The molecular formula is C19H24N4O4S3. The Balaban J connectivity index is 1.64. The SMILES string of the molecule is CC(Sc1ccc(S(=O)(=O)N2CCCCCC2)cn1)C(=O)Nc1sccc1C(N)=O. The fraction of sp³-hybridized carbons (Fsp3) is 0.421. The number of amides is 2. The van der Waals surface area contributed by atoms with Gasteiger partial charge in [-0.05, 0) is 43.3 Å². The highest BCUT2D eigenvalue weighted by molar-refractivity contribution is 8.00.